The molecule has 0 saturated carbocycles. The number of fused-ring (bicyclic) bond motifs is 2. The Morgan fingerprint density at radius 2 is 2.04 bits per heavy atom. The van der Waals surface area contributed by atoms with Gasteiger partial charge in [-0.3, -0.25) is 19.3 Å². The molecular weight excluding hydrogens is 310 g/mol. The molecule has 1 heterocycles. The number of rotatable bonds is 3. The highest BCUT2D eigenvalue weighted by atomic mass is 16.2. The van der Waals surface area contributed by atoms with E-state index in [4.69, 9.17) is 0 Å². The molecule has 0 bridgehead atoms. The Bertz CT molecular complexity index is 758. The van der Waals surface area contributed by atoms with Gasteiger partial charge in [0.15, 0.2) is 0 Å². The molecule has 1 aromatic carbocycles. The lowest BCUT2D eigenvalue weighted by Crippen LogP contribution is -2.39. The van der Waals surface area contributed by atoms with Gasteiger partial charge in [-0.2, -0.15) is 0 Å². The van der Waals surface area contributed by atoms with E-state index in [-0.39, 0.29) is 36.6 Å². The summed E-state index contributed by atoms with van der Waals surface area (Å²) in [6.07, 6.45) is 1.31. The third kappa shape index (κ3) is 2.46. The number of urea groups is 1. The van der Waals surface area contributed by atoms with Gasteiger partial charge in [0.1, 0.15) is 5.78 Å². The average Bonchev–Trinajstić information content (AvgIpc) is 3.00. The highest BCUT2D eigenvalue weighted by molar-refractivity contribution is 6.11. The number of nitrogens with one attached hydrogen (secondary N) is 2. The fourth-order valence-corrected chi connectivity index (χ4v) is 3.61. The second kappa shape index (κ2) is 5.74. The molecule has 1 atom stereocenters. The molecule has 0 radical (unpaired) electrons. The largest absolute Gasteiger partial charge is 0.341 e. The topological polar surface area (TPSA) is 95.6 Å². The maximum atomic E-state index is 12.8. The fourth-order valence-electron chi connectivity index (χ4n) is 3.61. The van der Waals surface area contributed by atoms with E-state index in [0.29, 0.717) is 18.5 Å². The predicted molar refractivity (Wildman–Crippen MR) is 86.5 cm³/mol. The molecule has 7 heteroatoms. The highest BCUT2D eigenvalue weighted by Gasteiger charge is 2.55. The Kier molecular flexibility index (Phi) is 3.87. The first-order valence-corrected chi connectivity index (χ1v) is 7.84. The Morgan fingerprint density at radius 1 is 1.29 bits per heavy atom. The molecule has 0 unspecified atom stereocenters. The molecule has 1 aliphatic carbocycles. The zero-order valence-corrected chi connectivity index (χ0v) is 13.6. The number of benzene rings is 1. The van der Waals surface area contributed by atoms with Crippen molar-refractivity contribution >= 4 is 29.3 Å². The van der Waals surface area contributed by atoms with E-state index < -0.39 is 5.41 Å². The zero-order chi connectivity index (χ0) is 17.5. The summed E-state index contributed by atoms with van der Waals surface area (Å²) in [6.45, 7) is 1.20. The number of amides is 4. The van der Waals surface area contributed by atoms with E-state index >= 15 is 0 Å². The molecule has 2 N–H and O–H groups in total. The average molecular weight is 329 g/mol. The SMILES string of the molecule is CNC(=O)Nc1ccc2c(c1)CC[C@@]21CC(=O)N(CC(C)=O)C1=O. The van der Waals surface area contributed by atoms with Crippen LogP contribution in [0.25, 0.3) is 0 Å². The Balaban J connectivity index is 1.92. The minimum atomic E-state index is -0.854. The van der Waals surface area contributed by atoms with Gasteiger partial charge in [-0.1, -0.05) is 6.07 Å². The number of nitrogens with zero attached hydrogens (tertiary/aromatic N) is 1. The Labute approximate surface area is 139 Å². The van der Waals surface area contributed by atoms with Gasteiger partial charge in [-0.15, -0.1) is 0 Å². The monoisotopic (exact) mass is 329 g/mol. The van der Waals surface area contributed by atoms with Gasteiger partial charge in [-0.25, -0.2) is 4.79 Å². The molecule has 1 spiro atoms. The zero-order valence-electron chi connectivity index (χ0n) is 13.6. The summed E-state index contributed by atoms with van der Waals surface area (Å²) in [4.78, 5) is 48.9. The molecule has 2 aliphatic rings. The number of likely N-dealkylation sites (tertiary alicyclic amines) is 1. The van der Waals surface area contributed by atoms with Gasteiger partial charge in [0, 0.05) is 19.2 Å². The molecule has 1 aromatic rings. The third-order valence-electron chi connectivity index (χ3n) is 4.72. The maximum Gasteiger partial charge on any atom is 0.318 e. The van der Waals surface area contributed by atoms with Gasteiger partial charge in [0.05, 0.1) is 12.0 Å². The summed E-state index contributed by atoms with van der Waals surface area (Å²) in [6, 6.07) is 5.05. The first-order chi connectivity index (χ1) is 11.4. The van der Waals surface area contributed by atoms with Crippen molar-refractivity contribution in [2.75, 3.05) is 18.9 Å². The minimum absolute atomic E-state index is 0.105. The van der Waals surface area contributed by atoms with Crippen molar-refractivity contribution < 1.29 is 19.2 Å². The molecule has 1 saturated heterocycles. The van der Waals surface area contributed by atoms with Crippen LogP contribution in [0.2, 0.25) is 0 Å². The van der Waals surface area contributed by atoms with E-state index in [2.05, 4.69) is 10.6 Å². The van der Waals surface area contributed by atoms with Crippen molar-refractivity contribution in [3.8, 4) is 0 Å². The second-order valence-corrected chi connectivity index (χ2v) is 6.32. The van der Waals surface area contributed by atoms with Crippen LogP contribution in [0.3, 0.4) is 0 Å². The molecule has 0 aromatic heterocycles. The minimum Gasteiger partial charge on any atom is -0.341 e. The first kappa shape index (κ1) is 16.2. The fraction of sp³-hybridized carbons (Fsp3) is 0.412. The van der Waals surface area contributed by atoms with Crippen LogP contribution in [-0.2, 0) is 26.2 Å². The highest BCUT2D eigenvalue weighted by Crippen LogP contribution is 2.47. The van der Waals surface area contributed by atoms with Crippen molar-refractivity contribution in [2.45, 2.75) is 31.6 Å². The van der Waals surface area contributed by atoms with Gasteiger partial charge >= 0.3 is 6.03 Å². The summed E-state index contributed by atoms with van der Waals surface area (Å²) in [7, 11) is 1.53. The normalized spacial score (nSPS) is 22.0. The molecule has 3 rings (SSSR count). The second-order valence-electron chi connectivity index (χ2n) is 6.32. The number of hydrogen-bond acceptors (Lipinski definition) is 4. The predicted octanol–water partition coefficient (Wildman–Crippen LogP) is 0.970. The van der Waals surface area contributed by atoms with E-state index in [1.54, 1.807) is 12.1 Å². The lowest BCUT2D eigenvalue weighted by molar-refractivity contribution is -0.142. The van der Waals surface area contributed by atoms with Gasteiger partial charge < -0.3 is 10.6 Å². The molecule has 7 nitrogen and oxygen atoms in total. The number of carbonyl (C=O) groups excluding carboxylic acids is 4. The van der Waals surface area contributed by atoms with Gasteiger partial charge in [-0.05, 0) is 43.0 Å². The standard InChI is InChI=1S/C17H19N3O4/c1-10(21)9-20-14(22)8-17(15(20)23)6-5-11-7-12(3-4-13(11)17)19-16(24)18-2/h3-4,7H,5-6,8-9H2,1-2H3,(H2,18,19,24)/t17-/m1/s1. The van der Waals surface area contributed by atoms with Crippen LogP contribution in [0.1, 0.15) is 30.9 Å². The first-order valence-electron chi connectivity index (χ1n) is 7.84. The van der Waals surface area contributed by atoms with Crippen molar-refractivity contribution in [2.24, 2.45) is 0 Å². The molecular formula is C17H19N3O4. The molecule has 1 aliphatic heterocycles. The van der Waals surface area contributed by atoms with Gasteiger partial charge in [0.25, 0.3) is 0 Å². The summed E-state index contributed by atoms with van der Waals surface area (Å²) in [5.41, 5.74) is 1.57. The number of hydrogen-bond donors (Lipinski definition) is 2. The summed E-state index contributed by atoms with van der Waals surface area (Å²) < 4.78 is 0. The van der Waals surface area contributed by atoms with Crippen molar-refractivity contribution in [1.29, 1.82) is 0 Å². The van der Waals surface area contributed by atoms with Gasteiger partial charge in [0.2, 0.25) is 11.8 Å². The van der Waals surface area contributed by atoms with Crippen LogP contribution in [0.15, 0.2) is 18.2 Å². The lowest BCUT2D eigenvalue weighted by atomic mass is 9.80. The number of aryl methyl sites for hydroxylation is 1. The number of anilines is 1. The summed E-state index contributed by atoms with van der Waals surface area (Å²) in [5.74, 6) is -0.791. The van der Waals surface area contributed by atoms with E-state index in [1.165, 1.54) is 14.0 Å². The van der Waals surface area contributed by atoms with Crippen LogP contribution in [0.5, 0.6) is 0 Å². The Morgan fingerprint density at radius 3 is 2.71 bits per heavy atom. The van der Waals surface area contributed by atoms with Crippen molar-refractivity contribution in [3.63, 3.8) is 0 Å². The molecule has 1 fully saturated rings. The van der Waals surface area contributed by atoms with Crippen molar-refractivity contribution in [1.82, 2.24) is 10.2 Å². The van der Waals surface area contributed by atoms with Crippen LogP contribution >= 0.6 is 0 Å². The van der Waals surface area contributed by atoms with Crippen LogP contribution in [0.4, 0.5) is 10.5 Å². The van der Waals surface area contributed by atoms with Crippen molar-refractivity contribution in [3.05, 3.63) is 29.3 Å². The summed E-state index contributed by atoms with van der Waals surface area (Å²) in [5, 5.41) is 5.18. The Hall–Kier alpha value is -2.70. The number of ketones is 1. The summed E-state index contributed by atoms with van der Waals surface area (Å²) >= 11 is 0. The van der Waals surface area contributed by atoms with Crippen LogP contribution < -0.4 is 10.6 Å². The number of Topliss-reactive ketones (excluding diaryl/α,β-unsaturated/α-hetero) is 1. The van der Waals surface area contributed by atoms with Crippen LogP contribution in [-0.4, -0.2) is 42.1 Å². The van der Waals surface area contributed by atoms with E-state index in [9.17, 15) is 19.2 Å². The molecule has 126 valence electrons. The molecule has 4 amide bonds. The van der Waals surface area contributed by atoms with E-state index in [0.717, 1.165) is 16.0 Å². The quantitative estimate of drug-likeness (QED) is 0.808. The smallest absolute Gasteiger partial charge is 0.318 e. The van der Waals surface area contributed by atoms with Crippen LogP contribution in [0, 0.1) is 0 Å². The lowest BCUT2D eigenvalue weighted by Gasteiger charge is -2.22. The number of imide groups is 1. The third-order valence-corrected chi connectivity index (χ3v) is 4.72. The number of carbonyl (C=O) groups is 4. The maximum absolute atomic E-state index is 12.8. The molecule has 24 heavy (non-hydrogen) atoms. The van der Waals surface area contributed by atoms with E-state index in [1.807, 2.05) is 6.07 Å².